The fourth-order valence-corrected chi connectivity index (χ4v) is 1.48. The summed E-state index contributed by atoms with van der Waals surface area (Å²) in [6, 6.07) is 5.87. The van der Waals surface area contributed by atoms with E-state index in [1.165, 1.54) is 11.8 Å². The van der Waals surface area contributed by atoms with Gasteiger partial charge < -0.3 is 0 Å². The van der Waals surface area contributed by atoms with Crippen molar-refractivity contribution in [1.29, 1.82) is 0 Å². The lowest BCUT2D eigenvalue weighted by molar-refractivity contribution is -0.112. The first-order valence-corrected chi connectivity index (χ1v) is 4.42. The quantitative estimate of drug-likeness (QED) is 0.664. The molecule has 0 atom stereocenters. The van der Waals surface area contributed by atoms with E-state index in [0.29, 0.717) is 5.57 Å². The Morgan fingerprint density at radius 1 is 1.21 bits per heavy atom. The highest BCUT2D eigenvalue weighted by Gasteiger charge is 2.17. The van der Waals surface area contributed by atoms with Gasteiger partial charge in [0.1, 0.15) is 0 Å². The zero-order valence-corrected chi connectivity index (χ0v) is 8.11. The molecule has 0 saturated carbocycles. The van der Waals surface area contributed by atoms with E-state index in [4.69, 9.17) is 0 Å². The standard InChI is InChI=1S/C11H10N2O/c1-7-4-3-5-9(8(7)2)10-6-12-13-11(10)14/h3-6H,1-2H3. The molecule has 3 nitrogen and oxygen atoms in total. The predicted octanol–water partition coefficient (Wildman–Crippen LogP) is 2.64. The first-order valence-electron chi connectivity index (χ1n) is 4.42. The Labute approximate surface area is 82.2 Å². The highest BCUT2D eigenvalue weighted by molar-refractivity contribution is 6.21. The van der Waals surface area contributed by atoms with Crippen molar-refractivity contribution < 1.29 is 4.79 Å². The lowest BCUT2D eigenvalue weighted by Crippen LogP contribution is -1.97. The summed E-state index contributed by atoms with van der Waals surface area (Å²) in [6.07, 6.45) is 1.52. The van der Waals surface area contributed by atoms with E-state index in [1.807, 2.05) is 32.0 Å². The Morgan fingerprint density at radius 3 is 2.64 bits per heavy atom. The number of amides is 1. The van der Waals surface area contributed by atoms with Gasteiger partial charge in [0.2, 0.25) is 0 Å². The highest BCUT2D eigenvalue weighted by Crippen LogP contribution is 2.25. The van der Waals surface area contributed by atoms with Gasteiger partial charge in [-0.25, -0.2) is 0 Å². The number of carbonyl (C=O) groups excluding carboxylic acids is 1. The van der Waals surface area contributed by atoms with Crippen molar-refractivity contribution in [3.63, 3.8) is 0 Å². The van der Waals surface area contributed by atoms with E-state index in [2.05, 4.69) is 10.2 Å². The van der Waals surface area contributed by atoms with Crippen LogP contribution in [-0.2, 0) is 4.79 Å². The van der Waals surface area contributed by atoms with E-state index in [0.717, 1.165) is 11.1 Å². The molecule has 0 radical (unpaired) electrons. The first kappa shape index (κ1) is 8.81. The summed E-state index contributed by atoms with van der Waals surface area (Å²) in [6.45, 7) is 4.02. The zero-order valence-electron chi connectivity index (χ0n) is 8.11. The average molecular weight is 186 g/mol. The zero-order chi connectivity index (χ0) is 10.1. The van der Waals surface area contributed by atoms with Gasteiger partial charge in [-0.1, -0.05) is 18.2 Å². The fraction of sp³-hybridized carbons (Fsp3) is 0.182. The van der Waals surface area contributed by atoms with E-state index in [1.54, 1.807) is 0 Å². The third kappa shape index (κ3) is 1.27. The Balaban J connectivity index is 2.53. The van der Waals surface area contributed by atoms with Crippen LogP contribution in [0.25, 0.3) is 5.57 Å². The van der Waals surface area contributed by atoms with E-state index >= 15 is 0 Å². The molecule has 1 aromatic rings. The Kier molecular flexibility index (Phi) is 2.00. The highest BCUT2D eigenvalue weighted by atomic mass is 16.2. The smallest absolute Gasteiger partial charge is 0.265 e. The molecular weight excluding hydrogens is 176 g/mol. The largest absolute Gasteiger partial charge is 0.297 e. The summed E-state index contributed by atoms with van der Waals surface area (Å²) in [4.78, 5) is 11.3. The third-order valence-electron chi connectivity index (χ3n) is 2.46. The molecule has 0 N–H and O–H groups in total. The first-order chi connectivity index (χ1) is 6.70. The number of azo groups is 1. The van der Waals surface area contributed by atoms with Crippen molar-refractivity contribution in [3.05, 3.63) is 41.1 Å². The number of benzene rings is 1. The summed E-state index contributed by atoms with van der Waals surface area (Å²) in [5.41, 5.74) is 3.80. The molecule has 70 valence electrons. The minimum absolute atomic E-state index is 0.251. The van der Waals surface area contributed by atoms with Crippen LogP contribution in [0.1, 0.15) is 16.7 Å². The number of aryl methyl sites for hydroxylation is 1. The number of hydrogen-bond donors (Lipinski definition) is 0. The summed E-state index contributed by atoms with van der Waals surface area (Å²) in [7, 11) is 0. The van der Waals surface area contributed by atoms with Crippen LogP contribution >= 0.6 is 0 Å². The molecule has 0 bridgehead atoms. The Bertz CT molecular complexity index is 458. The number of rotatable bonds is 1. The topological polar surface area (TPSA) is 41.8 Å². The van der Waals surface area contributed by atoms with Crippen LogP contribution in [0.5, 0.6) is 0 Å². The second kappa shape index (κ2) is 3.18. The van der Waals surface area contributed by atoms with Crippen molar-refractivity contribution in [1.82, 2.24) is 0 Å². The molecule has 0 aromatic heterocycles. The maximum absolute atomic E-state index is 11.3. The SMILES string of the molecule is Cc1cccc(C2=CN=NC2=O)c1C. The van der Waals surface area contributed by atoms with Gasteiger partial charge in [-0.2, -0.15) is 5.11 Å². The van der Waals surface area contributed by atoms with Crippen molar-refractivity contribution in [2.24, 2.45) is 10.2 Å². The molecular formula is C11H10N2O. The normalized spacial score (nSPS) is 14.7. The third-order valence-corrected chi connectivity index (χ3v) is 2.46. The maximum atomic E-state index is 11.3. The lowest BCUT2D eigenvalue weighted by atomic mass is 9.97. The van der Waals surface area contributed by atoms with E-state index in [9.17, 15) is 4.79 Å². The summed E-state index contributed by atoms with van der Waals surface area (Å²) >= 11 is 0. The second-order valence-corrected chi connectivity index (χ2v) is 3.31. The van der Waals surface area contributed by atoms with Crippen LogP contribution in [0.4, 0.5) is 0 Å². The van der Waals surface area contributed by atoms with Crippen LogP contribution in [0, 0.1) is 13.8 Å². The van der Waals surface area contributed by atoms with Crippen molar-refractivity contribution >= 4 is 11.5 Å². The van der Waals surface area contributed by atoms with Crippen LogP contribution in [0.3, 0.4) is 0 Å². The summed E-state index contributed by atoms with van der Waals surface area (Å²) < 4.78 is 0. The van der Waals surface area contributed by atoms with Gasteiger partial charge in [-0.15, -0.1) is 5.11 Å². The van der Waals surface area contributed by atoms with Gasteiger partial charge in [0, 0.05) is 0 Å². The molecule has 0 spiro atoms. The lowest BCUT2D eigenvalue weighted by Gasteiger charge is -2.06. The van der Waals surface area contributed by atoms with Crippen molar-refractivity contribution in [2.75, 3.05) is 0 Å². The van der Waals surface area contributed by atoms with E-state index in [-0.39, 0.29) is 5.91 Å². The fourth-order valence-electron chi connectivity index (χ4n) is 1.48. The molecule has 1 heterocycles. The van der Waals surface area contributed by atoms with Gasteiger partial charge in [0.15, 0.2) is 0 Å². The molecule has 2 rings (SSSR count). The van der Waals surface area contributed by atoms with Gasteiger partial charge in [0.05, 0.1) is 11.8 Å². The Morgan fingerprint density at radius 2 is 2.00 bits per heavy atom. The molecule has 0 fully saturated rings. The minimum atomic E-state index is -0.251. The molecule has 0 saturated heterocycles. The number of hydrogen-bond acceptors (Lipinski definition) is 2. The number of nitrogens with zero attached hydrogens (tertiary/aromatic N) is 2. The molecule has 3 heteroatoms. The maximum Gasteiger partial charge on any atom is 0.297 e. The van der Waals surface area contributed by atoms with Crippen LogP contribution in [-0.4, -0.2) is 5.91 Å². The summed E-state index contributed by atoms with van der Waals surface area (Å²) in [5, 5.41) is 7.06. The molecule has 0 unspecified atom stereocenters. The molecule has 1 aliphatic heterocycles. The Hall–Kier alpha value is -1.77. The van der Waals surface area contributed by atoms with Crippen molar-refractivity contribution in [2.45, 2.75) is 13.8 Å². The van der Waals surface area contributed by atoms with Gasteiger partial charge in [-0.05, 0) is 30.5 Å². The average Bonchev–Trinajstić information content (AvgIpc) is 2.57. The molecule has 0 aliphatic carbocycles. The second-order valence-electron chi connectivity index (χ2n) is 3.31. The van der Waals surface area contributed by atoms with Gasteiger partial charge >= 0.3 is 0 Å². The van der Waals surface area contributed by atoms with Crippen LogP contribution in [0.2, 0.25) is 0 Å². The molecule has 1 amide bonds. The minimum Gasteiger partial charge on any atom is -0.265 e. The monoisotopic (exact) mass is 186 g/mol. The van der Waals surface area contributed by atoms with Crippen LogP contribution in [0.15, 0.2) is 34.6 Å². The molecule has 1 aliphatic rings. The van der Waals surface area contributed by atoms with Crippen LogP contribution < -0.4 is 0 Å². The van der Waals surface area contributed by atoms with Gasteiger partial charge in [0.25, 0.3) is 5.91 Å². The number of carbonyl (C=O) groups is 1. The van der Waals surface area contributed by atoms with Gasteiger partial charge in [-0.3, -0.25) is 4.79 Å². The predicted molar refractivity (Wildman–Crippen MR) is 53.8 cm³/mol. The molecule has 1 aromatic carbocycles. The summed E-state index contributed by atoms with van der Waals surface area (Å²) in [5.74, 6) is -0.251. The van der Waals surface area contributed by atoms with E-state index < -0.39 is 0 Å². The van der Waals surface area contributed by atoms with Crippen molar-refractivity contribution in [3.8, 4) is 0 Å². The molecule has 14 heavy (non-hydrogen) atoms.